The van der Waals surface area contributed by atoms with Crippen LogP contribution in [-0.2, 0) is 11.3 Å². The van der Waals surface area contributed by atoms with E-state index in [1.54, 1.807) is 0 Å². The first-order valence-corrected chi connectivity index (χ1v) is 9.33. The van der Waals surface area contributed by atoms with Crippen LogP contribution in [-0.4, -0.2) is 46.2 Å². The molecule has 1 aliphatic heterocycles. The smallest absolute Gasteiger partial charge is 0.239 e. The molecule has 1 aromatic carbocycles. The molecule has 27 heavy (non-hydrogen) atoms. The summed E-state index contributed by atoms with van der Waals surface area (Å²) in [5, 5.41) is 22.4. The summed E-state index contributed by atoms with van der Waals surface area (Å²) in [6.07, 6.45) is 1.31. The van der Waals surface area contributed by atoms with Gasteiger partial charge < -0.3 is 15.0 Å². The number of likely N-dealkylation sites (tertiary alicyclic amines) is 1. The van der Waals surface area contributed by atoms with Crippen molar-refractivity contribution >= 4 is 11.7 Å². The molecule has 6 heteroatoms. The zero-order chi connectivity index (χ0) is 19.4. The zero-order valence-corrected chi connectivity index (χ0v) is 15.9. The lowest BCUT2D eigenvalue weighted by Gasteiger charge is -2.29. The fraction of sp³-hybridized carbons (Fsp3) is 0.429. The number of rotatable bonds is 5. The quantitative estimate of drug-likeness (QED) is 0.851. The Bertz CT molecular complexity index is 851. The molecular formula is C21H26N4O2. The number of aliphatic hydroxyl groups excluding tert-OH is 1. The van der Waals surface area contributed by atoms with Gasteiger partial charge in [-0.2, -0.15) is 5.26 Å². The van der Waals surface area contributed by atoms with E-state index in [4.69, 9.17) is 0 Å². The predicted molar refractivity (Wildman–Crippen MR) is 104 cm³/mol. The third-order valence-corrected chi connectivity index (χ3v) is 5.23. The van der Waals surface area contributed by atoms with Crippen LogP contribution in [0, 0.1) is 25.2 Å². The Morgan fingerprint density at radius 2 is 2.07 bits per heavy atom. The van der Waals surface area contributed by atoms with E-state index in [9.17, 15) is 15.2 Å². The maximum atomic E-state index is 12.6. The van der Waals surface area contributed by atoms with Gasteiger partial charge in [0.15, 0.2) is 0 Å². The molecule has 1 saturated heterocycles. The number of carbonyl (C=O) groups is 1. The van der Waals surface area contributed by atoms with Crippen LogP contribution in [0.15, 0.2) is 30.3 Å². The molecule has 6 nitrogen and oxygen atoms in total. The van der Waals surface area contributed by atoms with Crippen molar-refractivity contribution in [3.63, 3.8) is 0 Å². The van der Waals surface area contributed by atoms with Crippen molar-refractivity contribution < 1.29 is 9.90 Å². The van der Waals surface area contributed by atoms with Crippen LogP contribution < -0.4 is 5.32 Å². The third-order valence-electron chi connectivity index (χ3n) is 5.23. The van der Waals surface area contributed by atoms with E-state index in [0.29, 0.717) is 24.5 Å². The molecule has 0 saturated carbocycles. The number of anilines is 1. The standard InChI is InChI=1S/C21H26N4O2/c1-15-16(2)25(12-17-7-4-3-5-8-17)21(19(15)11-22)23-20(27)14-24-10-6-9-18(26)13-24/h3-5,7-8,18,26H,6,9-10,12-14H2,1-2H3,(H,23,27)/t18-/m1/s1. The number of amides is 1. The maximum Gasteiger partial charge on any atom is 0.239 e. The van der Waals surface area contributed by atoms with Gasteiger partial charge in [0.05, 0.1) is 18.2 Å². The number of nitrogens with zero attached hydrogens (tertiary/aromatic N) is 3. The van der Waals surface area contributed by atoms with E-state index < -0.39 is 0 Å². The lowest BCUT2D eigenvalue weighted by molar-refractivity contribution is -0.118. The molecule has 2 aromatic rings. The topological polar surface area (TPSA) is 81.3 Å². The fourth-order valence-electron chi connectivity index (χ4n) is 3.64. The lowest BCUT2D eigenvalue weighted by Crippen LogP contribution is -2.42. The van der Waals surface area contributed by atoms with Gasteiger partial charge in [-0.3, -0.25) is 9.69 Å². The maximum absolute atomic E-state index is 12.6. The number of carbonyl (C=O) groups excluding carboxylic acids is 1. The molecular weight excluding hydrogens is 340 g/mol. The van der Waals surface area contributed by atoms with Crippen LogP contribution in [0.2, 0.25) is 0 Å². The molecule has 1 aromatic heterocycles. The molecule has 3 rings (SSSR count). The summed E-state index contributed by atoms with van der Waals surface area (Å²) in [6, 6.07) is 12.2. The van der Waals surface area contributed by atoms with Crippen molar-refractivity contribution in [1.29, 1.82) is 5.26 Å². The first-order chi connectivity index (χ1) is 13.0. The van der Waals surface area contributed by atoms with Gasteiger partial charge in [-0.1, -0.05) is 30.3 Å². The number of piperidine rings is 1. The highest BCUT2D eigenvalue weighted by atomic mass is 16.3. The van der Waals surface area contributed by atoms with Crippen molar-refractivity contribution in [3.8, 4) is 6.07 Å². The molecule has 0 unspecified atom stereocenters. The summed E-state index contributed by atoms with van der Waals surface area (Å²) in [7, 11) is 0. The molecule has 0 radical (unpaired) electrons. The number of nitrogens with one attached hydrogen (secondary N) is 1. The zero-order valence-electron chi connectivity index (χ0n) is 15.9. The second-order valence-corrected chi connectivity index (χ2v) is 7.20. The Morgan fingerprint density at radius 1 is 1.33 bits per heavy atom. The molecule has 142 valence electrons. The van der Waals surface area contributed by atoms with Gasteiger partial charge in [-0.25, -0.2) is 0 Å². The van der Waals surface area contributed by atoms with Gasteiger partial charge in [-0.15, -0.1) is 0 Å². The molecule has 0 aliphatic carbocycles. The molecule has 0 spiro atoms. The van der Waals surface area contributed by atoms with E-state index in [2.05, 4.69) is 11.4 Å². The Morgan fingerprint density at radius 3 is 2.74 bits per heavy atom. The number of aromatic nitrogens is 1. The molecule has 2 N–H and O–H groups in total. The van der Waals surface area contributed by atoms with Crippen LogP contribution in [0.4, 0.5) is 5.82 Å². The number of hydrogen-bond donors (Lipinski definition) is 2. The Labute approximate surface area is 160 Å². The second kappa shape index (κ2) is 8.38. The molecule has 2 heterocycles. The van der Waals surface area contributed by atoms with Crippen LogP contribution in [0.25, 0.3) is 0 Å². The number of nitriles is 1. The average molecular weight is 366 g/mol. The predicted octanol–water partition coefficient (Wildman–Crippen LogP) is 2.42. The van der Waals surface area contributed by atoms with Crippen molar-refractivity contribution in [2.24, 2.45) is 0 Å². The van der Waals surface area contributed by atoms with Crippen molar-refractivity contribution in [2.45, 2.75) is 39.3 Å². The Kier molecular flexibility index (Phi) is 5.94. The minimum absolute atomic E-state index is 0.160. The highest BCUT2D eigenvalue weighted by Gasteiger charge is 2.23. The van der Waals surface area contributed by atoms with Crippen molar-refractivity contribution in [2.75, 3.05) is 25.0 Å². The second-order valence-electron chi connectivity index (χ2n) is 7.20. The summed E-state index contributed by atoms with van der Waals surface area (Å²) >= 11 is 0. The lowest BCUT2D eigenvalue weighted by atomic mass is 10.1. The average Bonchev–Trinajstić information content (AvgIpc) is 2.86. The monoisotopic (exact) mass is 366 g/mol. The molecule has 1 amide bonds. The van der Waals surface area contributed by atoms with Crippen molar-refractivity contribution in [1.82, 2.24) is 9.47 Å². The van der Waals surface area contributed by atoms with Gasteiger partial charge in [-0.05, 0) is 44.4 Å². The number of aliphatic hydroxyl groups is 1. The van der Waals surface area contributed by atoms with E-state index in [1.165, 1.54) is 0 Å². The first-order valence-electron chi connectivity index (χ1n) is 9.33. The van der Waals surface area contributed by atoms with Crippen LogP contribution in [0.3, 0.4) is 0 Å². The molecule has 1 aliphatic rings. The number of β-amino-alcohol motifs (C(OH)–C–C–N with tert-alkyl or cyclic N) is 1. The van der Waals surface area contributed by atoms with Gasteiger partial charge in [0.25, 0.3) is 0 Å². The minimum Gasteiger partial charge on any atom is -0.392 e. The first kappa shape index (κ1) is 19.2. The summed E-state index contributed by atoms with van der Waals surface area (Å²) < 4.78 is 1.99. The minimum atomic E-state index is -0.368. The van der Waals surface area contributed by atoms with Crippen LogP contribution in [0.1, 0.15) is 35.2 Å². The molecule has 0 bridgehead atoms. The van der Waals surface area contributed by atoms with Gasteiger partial charge in [0, 0.05) is 18.8 Å². The summed E-state index contributed by atoms with van der Waals surface area (Å²) in [5.74, 6) is 0.395. The molecule has 1 fully saturated rings. The third kappa shape index (κ3) is 4.38. The van der Waals surface area contributed by atoms with Crippen LogP contribution >= 0.6 is 0 Å². The summed E-state index contributed by atoms with van der Waals surface area (Å²) in [6.45, 7) is 6.01. The Hall–Kier alpha value is -2.62. The van der Waals surface area contributed by atoms with Crippen LogP contribution in [0.5, 0.6) is 0 Å². The van der Waals surface area contributed by atoms with E-state index in [-0.39, 0.29) is 18.6 Å². The normalized spacial score (nSPS) is 17.5. The SMILES string of the molecule is Cc1c(C#N)c(NC(=O)CN2CCC[C@@H](O)C2)n(Cc2ccccc2)c1C. The summed E-state index contributed by atoms with van der Waals surface area (Å²) in [4.78, 5) is 14.6. The fourth-order valence-corrected chi connectivity index (χ4v) is 3.64. The van der Waals surface area contributed by atoms with Gasteiger partial charge >= 0.3 is 0 Å². The van der Waals surface area contributed by atoms with Gasteiger partial charge in [0.2, 0.25) is 5.91 Å². The van der Waals surface area contributed by atoms with E-state index in [0.717, 1.165) is 36.2 Å². The Balaban J connectivity index is 1.82. The largest absolute Gasteiger partial charge is 0.392 e. The van der Waals surface area contributed by atoms with Crippen molar-refractivity contribution in [3.05, 3.63) is 52.7 Å². The number of benzene rings is 1. The molecule has 1 atom stereocenters. The summed E-state index contributed by atoms with van der Waals surface area (Å²) in [5.41, 5.74) is 3.47. The highest BCUT2D eigenvalue weighted by molar-refractivity contribution is 5.93. The van der Waals surface area contributed by atoms with E-state index in [1.807, 2.05) is 53.6 Å². The van der Waals surface area contributed by atoms with E-state index >= 15 is 0 Å². The van der Waals surface area contributed by atoms with Gasteiger partial charge in [0.1, 0.15) is 11.9 Å². The number of hydrogen-bond acceptors (Lipinski definition) is 4. The highest BCUT2D eigenvalue weighted by Crippen LogP contribution is 2.27.